The molecule has 0 fully saturated rings. The summed E-state index contributed by atoms with van der Waals surface area (Å²) in [6, 6.07) is 19.8. The van der Waals surface area contributed by atoms with Crippen LogP contribution in [0, 0.1) is 27.7 Å². The van der Waals surface area contributed by atoms with Crippen LogP contribution in [-0.2, 0) is 0 Å². The monoisotopic (exact) mass is 370 g/mol. The Labute approximate surface area is 175 Å². The molecular weight excluding hydrogens is 346 g/mol. The van der Waals surface area contributed by atoms with Gasteiger partial charge in [0.2, 0.25) is 0 Å². The van der Waals surface area contributed by atoms with Gasteiger partial charge in [0.1, 0.15) is 11.5 Å². The van der Waals surface area contributed by atoms with Crippen molar-refractivity contribution in [3.63, 3.8) is 0 Å². The zero-order valence-electron chi connectivity index (χ0n) is 15.6. The van der Waals surface area contributed by atoms with Gasteiger partial charge in [-0.15, -0.1) is 0 Å². The van der Waals surface area contributed by atoms with Gasteiger partial charge in [0.05, 0.1) is 0 Å². The van der Waals surface area contributed by atoms with E-state index in [9.17, 15) is 4.79 Å². The van der Waals surface area contributed by atoms with Gasteiger partial charge in [-0.25, -0.2) is 0 Å². The summed E-state index contributed by atoms with van der Waals surface area (Å²) in [7, 11) is 0.114. The fourth-order valence-corrected chi connectivity index (χ4v) is 4.39. The summed E-state index contributed by atoms with van der Waals surface area (Å²) < 4.78 is 5.87. The zero-order chi connectivity index (χ0) is 18.7. The fraction of sp³-hybridized carbons (Fsp3) is 0.174. The standard InChI is InChI=1S/C23H23O2P.Li.H/c1-15-12-17(3)22(18(4)13-15)23(24)26-21-11-10-20(14-16(21)2)25-19-8-6-5-7-9-19;;/h5-14,26H,1-4H3;;. The molecule has 3 aromatic carbocycles. The summed E-state index contributed by atoms with van der Waals surface area (Å²) in [5, 5.41) is 1.06. The van der Waals surface area contributed by atoms with Crippen LogP contribution in [0.1, 0.15) is 32.6 Å². The molecule has 1 unspecified atom stereocenters. The van der Waals surface area contributed by atoms with E-state index in [1.807, 2.05) is 69.3 Å². The van der Waals surface area contributed by atoms with Crippen LogP contribution in [-0.4, -0.2) is 24.4 Å². The van der Waals surface area contributed by atoms with Gasteiger partial charge in [-0.1, -0.05) is 42.0 Å². The number of aryl methyl sites for hydroxylation is 4. The van der Waals surface area contributed by atoms with E-state index in [1.54, 1.807) is 0 Å². The molecule has 0 aliphatic rings. The Balaban J connectivity index is 0.00000261. The van der Waals surface area contributed by atoms with E-state index in [1.165, 1.54) is 5.56 Å². The van der Waals surface area contributed by atoms with Crippen molar-refractivity contribution in [1.82, 2.24) is 0 Å². The third kappa shape index (κ3) is 5.33. The number of carbonyl (C=O) groups is 1. The Bertz CT molecular complexity index is 929. The van der Waals surface area contributed by atoms with Crippen LogP contribution in [0.3, 0.4) is 0 Å². The quantitative estimate of drug-likeness (QED) is 0.455. The molecule has 0 aromatic heterocycles. The van der Waals surface area contributed by atoms with Crippen molar-refractivity contribution in [3.8, 4) is 11.5 Å². The van der Waals surface area contributed by atoms with Crippen LogP contribution < -0.4 is 10.0 Å². The Morgan fingerprint density at radius 3 is 2.00 bits per heavy atom. The van der Waals surface area contributed by atoms with Gasteiger partial charge >= 0.3 is 18.9 Å². The second kappa shape index (κ2) is 9.38. The summed E-state index contributed by atoms with van der Waals surface area (Å²) in [6.45, 7) is 8.12. The maximum atomic E-state index is 12.9. The summed E-state index contributed by atoms with van der Waals surface area (Å²) in [4.78, 5) is 12.9. The Kier molecular flexibility index (Phi) is 7.46. The molecule has 0 saturated heterocycles. The van der Waals surface area contributed by atoms with Crippen molar-refractivity contribution in [2.75, 3.05) is 0 Å². The van der Waals surface area contributed by atoms with Crippen molar-refractivity contribution < 1.29 is 9.53 Å². The van der Waals surface area contributed by atoms with E-state index < -0.39 is 0 Å². The van der Waals surface area contributed by atoms with Crippen molar-refractivity contribution >= 4 is 38.3 Å². The van der Waals surface area contributed by atoms with Crippen LogP contribution in [0.5, 0.6) is 11.5 Å². The van der Waals surface area contributed by atoms with Crippen LogP contribution in [0.25, 0.3) is 0 Å². The normalized spacial score (nSPS) is 10.7. The van der Waals surface area contributed by atoms with Crippen molar-refractivity contribution in [2.45, 2.75) is 27.7 Å². The molecule has 2 nitrogen and oxygen atoms in total. The number of ether oxygens (including phenoxy) is 1. The first-order valence-corrected chi connectivity index (χ1v) is 9.67. The second-order valence-corrected chi connectivity index (χ2v) is 7.86. The van der Waals surface area contributed by atoms with E-state index >= 15 is 0 Å². The third-order valence-electron chi connectivity index (χ3n) is 4.33. The molecule has 0 N–H and O–H groups in total. The van der Waals surface area contributed by atoms with Crippen molar-refractivity contribution in [2.24, 2.45) is 0 Å². The summed E-state index contributed by atoms with van der Waals surface area (Å²) in [5.41, 5.74) is 5.44. The second-order valence-electron chi connectivity index (χ2n) is 6.62. The minimum atomic E-state index is 0. The van der Waals surface area contributed by atoms with Gasteiger partial charge in [0, 0.05) is 5.56 Å². The predicted molar refractivity (Wildman–Crippen MR) is 118 cm³/mol. The first-order valence-electron chi connectivity index (χ1n) is 8.67. The number of carbonyl (C=O) groups excluding carboxylic acids is 1. The van der Waals surface area contributed by atoms with Crippen molar-refractivity contribution in [1.29, 1.82) is 0 Å². The number of para-hydroxylation sites is 1. The number of benzene rings is 3. The number of hydrogen-bond donors (Lipinski definition) is 0. The molecule has 4 heteroatoms. The fourth-order valence-electron chi connectivity index (χ4n) is 3.19. The topological polar surface area (TPSA) is 26.3 Å². The zero-order valence-corrected chi connectivity index (χ0v) is 16.6. The molecule has 3 rings (SSSR count). The van der Waals surface area contributed by atoms with Gasteiger partial charge in [-0.2, -0.15) is 0 Å². The van der Waals surface area contributed by atoms with E-state index in [0.717, 1.165) is 39.1 Å². The van der Waals surface area contributed by atoms with Gasteiger partial charge in [-0.3, -0.25) is 4.79 Å². The molecule has 1 atom stereocenters. The van der Waals surface area contributed by atoms with Crippen LogP contribution in [0.4, 0.5) is 0 Å². The molecule has 134 valence electrons. The van der Waals surface area contributed by atoms with E-state index in [2.05, 4.69) is 19.1 Å². The molecule has 27 heavy (non-hydrogen) atoms. The van der Waals surface area contributed by atoms with Crippen LogP contribution in [0.15, 0.2) is 60.7 Å². The van der Waals surface area contributed by atoms with Crippen LogP contribution >= 0.6 is 8.58 Å². The molecule has 0 aliphatic carbocycles. The molecule has 0 spiro atoms. The van der Waals surface area contributed by atoms with Gasteiger partial charge in [0.15, 0.2) is 5.52 Å². The Hall–Kier alpha value is -1.84. The van der Waals surface area contributed by atoms with Gasteiger partial charge < -0.3 is 4.74 Å². The summed E-state index contributed by atoms with van der Waals surface area (Å²) in [6.07, 6.45) is 0. The molecular formula is C23H24LiO2P. The van der Waals surface area contributed by atoms with Gasteiger partial charge in [0.25, 0.3) is 0 Å². The van der Waals surface area contributed by atoms with Crippen LogP contribution in [0.2, 0.25) is 0 Å². The Morgan fingerprint density at radius 2 is 1.41 bits per heavy atom. The number of rotatable bonds is 5. The molecule has 0 amide bonds. The molecule has 0 aliphatic heterocycles. The van der Waals surface area contributed by atoms with Crippen molar-refractivity contribution in [3.05, 3.63) is 88.5 Å². The summed E-state index contributed by atoms with van der Waals surface area (Å²) in [5.74, 6) is 1.60. The molecule has 3 aromatic rings. The molecule has 0 bridgehead atoms. The SMILES string of the molecule is Cc1cc(C)c(C(=O)Pc2ccc(Oc3ccccc3)cc2C)c(C)c1.[LiH]. The predicted octanol–water partition coefficient (Wildman–Crippen LogP) is 5.21. The van der Waals surface area contributed by atoms with E-state index in [0.29, 0.717) is 0 Å². The third-order valence-corrected chi connectivity index (χ3v) is 5.64. The molecule has 0 heterocycles. The maximum absolute atomic E-state index is 12.9. The number of hydrogen-bond acceptors (Lipinski definition) is 2. The molecule has 0 saturated carbocycles. The van der Waals surface area contributed by atoms with E-state index in [-0.39, 0.29) is 33.0 Å². The average molecular weight is 370 g/mol. The molecule has 0 radical (unpaired) electrons. The van der Waals surface area contributed by atoms with Gasteiger partial charge in [-0.05, 0) is 82.5 Å². The average Bonchev–Trinajstić information content (AvgIpc) is 2.57. The minimum absolute atomic E-state index is 0. The summed E-state index contributed by atoms with van der Waals surface area (Å²) >= 11 is 0. The Morgan fingerprint density at radius 1 is 0.778 bits per heavy atom. The first kappa shape index (κ1) is 21.5. The first-order chi connectivity index (χ1) is 12.4. The van der Waals surface area contributed by atoms with E-state index in [4.69, 9.17) is 4.74 Å².